The number of benzene rings is 2. The van der Waals surface area contributed by atoms with E-state index >= 15 is 0 Å². The lowest BCUT2D eigenvalue weighted by atomic mass is 10.4. The molecule has 0 spiro atoms. The zero-order valence-electron chi connectivity index (χ0n) is 14.8. The number of ether oxygens (including phenoxy) is 1. The fraction of sp³-hybridized carbons (Fsp3) is 0.250. The first-order valence-electron chi connectivity index (χ1n) is 8.01. The van der Waals surface area contributed by atoms with Crippen LogP contribution in [0.15, 0.2) is 80.8 Å². The van der Waals surface area contributed by atoms with Crippen LogP contribution in [0.3, 0.4) is 0 Å². The first kappa shape index (κ1) is 21.4. The summed E-state index contributed by atoms with van der Waals surface area (Å²) in [6.45, 7) is 3.50. The Kier molecular flexibility index (Phi) is 9.61. The van der Waals surface area contributed by atoms with Gasteiger partial charge in [-0.1, -0.05) is 6.58 Å². The summed E-state index contributed by atoms with van der Waals surface area (Å²) in [5.41, 5.74) is 0. The molecule has 0 N–H and O–H groups in total. The van der Waals surface area contributed by atoms with Crippen LogP contribution in [0.25, 0.3) is 0 Å². The van der Waals surface area contributed by atoms with Gasteiger partial charge in [0.2, 0.25) is 0 Å². The molecule has 2 aromatic rings. The highest BCUT2D eigenvalue weighted by molar-refractivity contribution is 8.00. The quantitative estimate of drug-likeness (QED) is 0.260. The van der Waals surface area contributed by atoms with E-state index in [2.05, 4.69) is 67.6 Å². The number of rotatable bonds is 10. The van der Waals surface area contributed by atoms with Gasteiger partial charge in [-0.3, -0.25) is 0 Å². The van der Waals surface area contributed by atoms with Crippen molar-refractivity contribution >= 4 is 53.0 Å². The maximum absolute atomic E-state index is 11.6. The molecule has 0 unspecified atom stereocenters. The highest BCUT2D eigenvalue weighted by Crippen LogP contribution is 2.27. The molecule has 26 heavy (non-hydrogen) atoms. The number of hydrogen-bond donors (Lipinski definition) is 0. The molecule has 0 atom stereocenters. The Labute approximate surface area is 172 Å². The van der Waals surface area contributed by atoms with E-state index < -0.39 is 0 Å². The summed E-state index contributed by atoms with van der Waals surface area (Å²) in [5.74, 6) is 1.06. The first-order chi connectivity index (χ1) is 12.6. The van der Waals surface area contributed by atoms with E-state index in [1.165, 1.54) is 25.7 Å². The third-order valence-corrected chi connectivity index (χ3v) is 7.22. The normalized spacial score (nSPS) is 10.7. The van der Waals surface area contributed by atoms with Crippen LogP contribution in [0, 0.1) is 0 Å². The van der Waals surface area contributed by atoms with E-state index in [4.69, 9.17) is 4.74 Å². The van der Waals surface area contributed by atoms with Gasteiger partial charge in [0.1, 0.15) is 6.10 Å². The van der Waals surface area contributed by atoms with Gasteiger partial charge >= 0.3 is 5.97 Å². The predicted octanol–water partition coefficient (Wildman–Crippen LogP) is 6.11. The number of carbonyl (C=O) groups excluding carboxylic acids is 1. The summed E-state index contributed by atoms with van der Waals surface area (Å²) in [6, 6.07) is 16.9. The van der Waals surface area contributed by atoms with Crippen LogP contribution in [0.1, 0.15) is 0 Å². The maximum Gasteiger partial charge on any atom is 0.330 e. The molecule has 0 aromatic heterocycles. The Morgan fingerprint density at radius 2 is 1.27 bits per heavy atom. The van der Waals surface area contributed by atoms with Gasteiger partial charge in [-0.2, -0.15) is 0 Å². The fourth-order valence-corrected chi connectivity index (χ4v) is 4.80. The molecule has 2 nitrogen and oxygen atoms in total. The minimum Gasteiger partial charge on any atom is -0.457 e. The molecular weight excluding hydrogens is 400 g/mol. The third-order valence-electron chi connectivity index (χ3n) is 3.44. The zero-order chi connectivity index (χ0) is 18.8. The van der Waals surface area contributed by atoms with Gasteiger partial charge in [0.15, 0.2) is 0 Å². The highest BCUT2D eigenvalue weighted by atomic mass is 32.2. The summed E-state index contributed by atoms with van der Waals surface area (Å²) >= 11 is 6.86. The molecular formula is C20H22O2S4. The van der Waals surface area contributed by atoms with Crippen molar-refractivity contribution in [1.82, 2.24) is 0 Å². The van der Waals surface area contributed by atoms with Crippen molar-refractivity contribution < 1.29 is 9.53 Å². The van der Waals surface area contributed by atoms with E-state index in [0.29, 0.717) is 11.5 Å². The van der Waals surface area contributed by atoms with Crippen molar-refractivity contribution in [3.05, 3.63) is 61.2 Å². The van der Waals surface area contributed by atoms with Crippen molar-refractivity contribution in [3.63, 3.8) is 0 Å². The summed E-state index contributed by atoms with van der Waals surface area (Å²) < 4.78 is 5.53. The molecule has 2 aromatic carbocycles. The second kappa shape index (κ2) is 11.7. The lowest BCUT2D eigenvalue weighted by Crippen LogP contribution is -2.22. The van der Waals surface area contributed by atoms with Gasteiger partial charge in [0.25, 0.3) is 0 Å². The molecule has 0 aliphatic carbocycles. The number of thioether (sulfide) groups is 4. The minimum atomic E-state index is -0.369. The van der Waals surface area contributed by atoms with Crippen LogP contribution in [0.4, 0.5) is 0 Å². The van der Waals surface area contributed by atoms with Gasteiger partial charge in [-0.05, 0) is 61.0 Å². The largest absolute Gasteiger partial charge is 0.457 e. The van der Waals surface area contributed by atoms with Gasteiger partial charge in [0, 0.05) is 37.2 Å². The lowest BCUT2D eigenvalue weighted by Gasteiger charge is -2.16. The van der Waals surface area contributed by atoms with Crippen molar-refractivity contribution in [2.45, 2.75) is 25.7 Å². The van der Waals surface area contributed by atoms with E-state index in [1.54, 1.807) is 47.0 Å². The summed E-state index contributed by atoms with van der Waals surface area (Å²) in [6.07, 6.45) is 5.19. The second-order valence-electron chi connectivity index (χ2n) is 5.24. The summed E-state index contributed by atoms with van der Waals surface area (Å²) in [5, 5.41) is 0. The predicted molar refractivity (Wildman–Crippen MR) is 118 cm³/mol. The van der Waals surface area contributed by atoms with Crippen molar-refractivity contribution in [3.8, 4) is 0 Å². The van der Waals surface area contributed by atoms with Crippen LogP contribution in [-0.4, -0.2) is 36.1 Å². The van der Waals surface area contributed by atoms with Crippen molar-refractivity contribution in [2.75, 3.05) is 24.0 Å². The molecule has 138 valence electrons. The molecule has 2 rings (SSSR count). The second-order valence-corrected chi connectivity index (χ2v) is 9.18. The van der Waals surface area contributed by atoms with Crippen LogP contribution in [0.5, 0.6) is 0 Å². The average Bonchev–Trinajstić information content (AvgIpc) is 2.70. The van der Waals surface area contributed by atoms with Crippen LogP contribution in [0.2, 0.25) is 0 Å². The van der Waals surface area contributed by atoms with Gasteiger partial charge in [-0.15, -0.1) is 47.0 Å². The molecule has 0 fully saturated rings. The molecule has 0 heterocycles. The Balaban J connectivity index is 1.92. The first-order valence-corrected chi connectivity index (χ1v) is 12.4. The van der Waals surface area contributed by atoms with E-state index in [9.17, 15) is 4.79 Å². The molecule has 0 saturated heterocycles. The Bertz CT molecular complexity index is 647. The SMILES string of the molecule is C=CC(=O)OC(CSc1ccc(SC)cc1)CSc1ccc(SC)cc1. The minimum absolute atomic E-state index is 0.170. The number of hydrogen-bond acceptors (Lipinski definition) is 6. The number of esters is 1. The highest BCUT2D eigenvalue weighted by Gasteiger charge is 2.14. The maximum atomic E-state index is 11.6. The average molecular weight is 423 g/mol. The fourth-order valence-electron chi connectivity index (χ4n) is 2.05. The third kappa shape index (κ3) is 7.35. The van der Waals surface area contributed by atoms with E-state index in [-0.39, 0.29) is 12.1 Å². The van der Waals surface area contributed by atoms with E-state index in [1.807, 2.05) is 0 Å². The van der Waals surface area contributed by atoms with Gasteiger partial charge in [-0.25, -0.2) is 4.79 Å². The smallest absolute Gasteiger partial charge is 0.330 e. The van der Waals surface area contributed by atoms with E-state index in [0.717, 1.165) is 0 Å². The molecule has 0 saturated carbocycles. The Morgan fingerprint density at radius 3 is 1.62 bits per heavy atom. The topological polar surface area (TPSA) is 26.3 Å². The monoisotopic (exact) mass is 422 g/mol. The Hall–Kier alpha value is -0.950. The zero-order valence-corrected chi connectivity index (χ0v) is 18.1. The Morgan fingerprint density at radius 1 is 0.885 bits per heavy atom. The molecule has 6 heteroatoms. The summed E-state index contributed by atoms with van der Waals surface area (Å²) in [4.78, 5) is 16.5. The van der Waals surface area contributed by atoms with Crippen molar-refractivity contribution in [1.29, 1.82) is 0 Å². The molecule has 0 amide bonds. The van der Waals surface area contributed by atoms with Crippen LogP contribution >= 0.6 is 47.0 Å². The summed E-state index contributed by atoms with van der Waals surface area (Å²) in [7, 11) is 0. The molecule has 0 radical (unpaired) electrons. The lowest BCUT2D eigenvalue weighted by molar-refractivity contribution is -0.140. The van der Waals surface area contributed by atoms with Crippen molar-refractivity contribution in [2.24, 2.45) is 0 Å². The van der Waals surface area contributed by atoms with Gasteiger partial charge in [0.05, 0.1) is 0 Å². The number of carbonyl (C=O) groups is 1. The molecule has 0 aliphatic heterocycles. The molecule has 0 aliphatic rings. The standard InChI is InChI=1S/C20H22O2S4/c1-4-20(21)22-15(13-25-18-9-5-16(23-2)6-10-18)14-26-19-11-7-17(24-3)8-12-19/h4-12,15H,1,13-14H2,2-3H3. The van der Waals surface area contributed by atoms with Gasteiger partial charge < -0.3 is 4.74 Å². The molecule has 0 bridgehead atoms. The van der Waals surface area contributed by atoms with Crippen LogP contribution < -0.4 is 0 Å². The van der Waals surface area contributed by atoms with Crippen LogP contribution in [-0.2, 0) is 9.53 Å².